The average Bonchev–Trinajstić information content (AvgIpc) is 2.86. The molecule has 1 heterocycles. The number of benzene rings is 1. The Morgan fingerprint density at radius 2 is 1.95 bits per heavy atom. The Kier molecular flexibility index (Phi) is 4.81. The number of amides is 1. The summed E-state index contributed by atoms with van der Waals surface area (Å²) in [6.45, 7) is 1.19. The fourth-order valence-electron chi connectivity index (χ4n) is 1.99. The maximum Gasteiger partial charge on any atom is 0.226 e. The van der Waals surface area contributed by atoms with Gasteiger partial charge in [0.15, 0.2) is 17.5 Å². The monoisotopic (exact) mass is 313 g/mol. The number of carbonyl (C=O) groups excluding carboxylic acids is 1. The van der Waals surface area contributed by atoms with Gasteiger partial charge in [-0.3, -0.25) is 9.89 Å². The smallest absolute Gasteiger partial charge is 0.226 e. The van der Waals surface area contributed by atoms with Crippen LogP contribution in [-0.4, -0.2) is 27.8 Å². The van der Waals surface area contributed by atoms with E-state index >= 15 is 0 Å². The lowest BCUT2D eigenvalue weighted by molar-refractivity contribution is -0.121. The highest BCUT2D eigenvalue weighted by Crippen LogP contribution is 2.19. The Hall–Kier alpha value is -2.35. The van der Waals surface area contributed by atoms with E-state index in [9.17, 15) is 23.1 Å². The third kappa shape index (κ3) is 3.64. The van der Waals surface area contributed by atoms with Crippen LogP contribution < -0.4 is 5.32 Å². The lowest BCUT2D eigenvalue weighted by Crippen LogP contribution is -2.32. The lowest BCUT2D eigenvalue weighted by Gasteiger charge is -2.17. The van der Waals surface area contributed by atoms with Gasteiger partial charge in [-0.1, -0.05) is 0 Å². The minimum Gasteiger partial charge on any atom is -0.394 e. The van der Waals surface area contributed by atoms with Gasteiger partial charge >= 0.3 is 0 Å². The molecule has 0 radical (unpaired) electrons. The third-order valence-corrected chi connectivity index (χ3v) is 3.03. The van der Waals surface area contributed by atoms with Crippen molar-refractivity contribution in [1.82, 2.24) is 15.5 Å². The maximum absolute atomic E-state index is 13.2. The molecule has 0 aliphatic heterocycles. The first-order chi connectivity index (χ1) is 10.4. The third-order valence-electron chi connectivity index (χ3n) is 3.03. The van der Waals surface area contributed by atoms with Crippen LogP contribution in [0.2, 0.25) is 0 Å². The van der Waals surface area contributed by atoms with Crippen molar-refractivity contribution in [3.63, 3.8) is 0 Å². The predicted molar refractivity (Wildman–Crippen MR) is 71.3 cm³/mol. The first-order valence-electron chi connectivity index (χ1n) is 6.46. The molecular formula is C14H14F3N3O2. The van der Waals surface area contributed by atoms with Crippen LogP contribution in [-0.2, 0) is 11.2 Å². The van der Waals surface area contributed by atoms with Crippen molar-refractivity contribution in [2.45, 2.75) is 19.4 Å². The molecule has 3 N–H and O–H groups in total. The normalized spacial score (nSPS) is 12.2. The second-order valence-electron chi connectivity index (χ2n) is 4.82. The number of hydrogen-bond donors (Lipinski definition) is 3. The molecule has 0 aliphatic carbocycles. The van der Waals surface area contributed by atoms with Crippen LogP contribution in [0.3, 0.4) is 0 Å². The number of aryl methyl sites for hydroxylation is 1. The molecule has 0 aliphatic rings. The van der Waals surface area contributed by atoms with Crippen LogP contribution in [0.1, 0.15) is 23.0 Å². The van der Waals surface area contributed by atoms with E-state index in [4.69, 9.17) is 0 Å². The van der Waals surface area contributed by atoms with Crippen LogP contribution in [0.5, 0.6) is 0 Å². The van der Waals surface area contributed by atoms with Crippen LogP contribution in [0, 0.1) is 24.4 Å². The molecule has 5 nitrogen and oxygen atoms in total. The molecule has 0 spiro atoms. The van der Waals surface area contributed by atoms with Gasteiger partial charge in [-0.05, 0) is 30.7 Å². The largest absolute Gasteiger partial charge is 0.394 e. The molecule has 22 heavy (non-hydrogen) atoms. The topological polar surface area (TPSA) is 78.0 Å². The molecule has 0 fully saturated rings. The van der Waals surface area contributed by atoms with Gasteiger partial charge in [0.1, 0.15) is 0 Å². The number of aromatic amines is 1. The summed E-state index contributed by atoms with van der Waals surface area (Å²) in [5.74, 6) is -4.86. The van der Waals surface area contributed by atoms with E-state index < -0.39 is 36.0 Å². The Bertz CT molecular complexity index is 665. The molecule has 2 rings (SSSR count). The SMILES string of the molecule is Cc1cc(CC(=O)NC(CO)c2cc(F)c(F)c(F)c2)n[nH]1. The standard InChI is InChI=1S/C14H14F3N3O2/c1-7-2-9(20-19-7)5-13(22)18-12(6-21)8-3-10(15)14(17)11(16)4-8/h2-4,12,21H,5-6H2,1H3,(H,18,22)(H,19,20). The van der Waals surface area contributed by atoms with E-state index in [1.165, 1.54) is 0 Å². The van der Waals surface area contributed by atoms with Gasteiger partial charge in [-0.15, -0.1) is 0 Å². The van der Waals surface area contributed by atoms with Gasteiger partial charge in [0, 0.05) is 5.69 Å². The molecular weight excluding hydrogens is 299 g/mol. The number of nitrogens with zero attached hydrogens (tertiary/aromatic N) is 1. The number of rotatable bonds is 5. The second kappa shape index (κ2) is 6.61. The van der Waals surface area contributed by atoms with E-state index in [1.807, 2.05) is 0 Å². The Morgan fingerprint density at radius 3 is 2.45 bits per heavy atom. The lowest BCUT2D eigenvalue weighted by atomic mass is 10.1. The quantitative estimate of drug-likeness (QED) is 0.733. The molecule has 1 aromatic heterocycles. The first kappa shape index (κ1) is 16.0. The highest BCUT2D eigenvalue weighted by molar-refractivity contribution is 5.78. The maximum atomic E-state index is 13.2. The van der Waals surface area contributed by atoms with Crippen LogP contribution in [0.4, 0.5) is 13.2 Å². The van der Waals surface area contributed by atoms with Gasteiger partial charge < -0.3 is 10.4 Å². The number of aliphatic hydroxyl groups is 1. The van der Waals surface area contributed by atoms with E-state index in [0.717, 1.165) is 17.8 Å². The minimum absolute atomic E-state index is 0.0625. The number of aromatic nitrogens is 2. The highest BCUT2D eigenvalue weighted by Gasteiger charge is 2.19. The molecule has 1 amide bonds. The van der Waals surface area contributed by atoms with Crippen molar-refractivity contribution in [3.05, 3.63) is 52.6 Å². The van der Waals surface area contributed by atoms with Crippen molar-refractivity contribution >= 4 is 5.91 Å². The van der Waals surface area contributed by atoms with Crippen LogP contribution in [0.25, 0.3) is 0 Å². The van der Waals surface area contributed by atoms with Crippen molar-refractivity contribution in [2.75, 3.05) is 6.61 Å². The zero-order chi connectivity index (χ0) is 16.3. The van der Waals surface area contributed by atoms with Gasteiger partial charge in [0.05, 0.1) is 24.8 Å². The fourth-order valence-corrected chi connectivity index (χ4v) is 1.99. The molecule has 0 saturated carbocycles. The Labute approximate surface area is 124 Å². The number of nitrogens with one attached hydrogen (secondary N) is 2. The molecule has 1 atom stereocenters. The summed E-state index contributed by atoms with van der Waals surface area (Å²) in [6, 6.07) is 2.10. The van der Waals surface area contributed by atoms with Crippen molar-refractivity contribution < 1.29 is 23.1 Å². The summed E-state index contributed by atoms with van der Waals surface area (Å²) in [7, 11) is 0. The van der Waals surface area contributed by atoms with E-state index in [2.05, 4.69) is 15.5 Å². The van der Waals surface area contributed by atoms with Gasteiger partial charge in [0.25, 0.3) is 0 Å². The van der Waals surface area contributed by atoms with Gasteiger partial charge in [0.2, 0.25) is 5.91 Å². The number of halogens is 3. The van der Waals surface area contributed by atoms with Crippen molar-refractivity contribution in [1.29, 1.82) is 0 Å². The molecule has 1 aromatic carbocycles. The summed E-state index contributed by atoms with van der Waals surface area (Å²) < 4.78 is 39.3. The number of H-pyrrole nitrogens is 1. The zero-order valence-corrected chi connectivity index (χ0v) is 11.7. The summed E-state index contributed by atoms with van der Waals surface area (Å²) in [4.78, 5) is 11.9. The van der Waals surface area contributed by atoms with E-state index in [0.29, 0.717) is 5.69 Å². The molecule has 0 bridgehead atoms. The summed E-state index contributed by atoms with van der Waals surface area (Å²) >= 11 is 0. The molecule has 2 aromatic rings. The molecule has 8 heteroatoms. The predicted octanol–water partition coefficient (Wildman–Crippen LogP) is 1.53. The molecule has 0 saturated heterocycles. The Morgan fingerprint density at radius 1 is 1.32 bits per heavy atom. The fraction of sp³-hybridized carbons (Fsp3) is 0.286. The second-order valence-corrected chi connectivity index (χ2v) is 4.82. The highest BCUT2D eigenvalue weighted by atomic mass is 19.2. The average molecular weight is 313 g/mol. The van der Waals surface area contributed by atoms with Crippen molar-refractivity contribution in [2.24, 2.45) is 0 Å². The van der Waals surface area contributed by atoms with Crippen molar-refractivity contribution in [3.8, 4) is 0 Å². The first-order valence-corrected chi connectivity index (χ1v) is 6.46. The Balaban J connectivity index is 2.10. The zero-order valence-electron chi connectivity index (χ0n) is 11.7. The molecule has 1 unspecified atom stereocenters. The van der Waals surface area contributed by atoms with E-state index in [1.54, 1.807) is 13.0 Å². The van der Waals surface area contributed by atoms with Crippen LogP contribution in [0.15, 0.2) is 18.2 Å². The van der Waals surface area contributed by atoms with Gasteiger partial charge in [-0.25, -0.2) is 13.2 Å². The summed E-state index contributed by atoms with van der Waals surface area (Å²) in [5.41, 5.74) is 1.21. The van der Waals surface area contributed by atoms with E-state index in [-0.39, 0.29) is 12.0 Å². The van der Waals surface area contributed by atoms with Crippen LogP contribution >= 0.6 is 0 Å². The van der Waals surface area contributed by atoms with Gasteiger partial charge in [-0.2, -0.15) is 5.10 Å². The summed E-state index contributed by atoms with van der Waals surface area (Å²) in [6.07, 6.45) is -0.0625. The number of hydrogen-bond acceptors (Lipinski definition) is 3. The number of carbonyl (C=O) groups is 1. The number of aliphatic hydroxyl groups excluding tert-OH is 1. The minimum atomic E-state index is -1.60. The summed E-state index contributed by atoms with van der Waals surface area (Å²) in [5, 5.41) is 18.2. The molecule has 118 valence electrons.